The Morgan fingerprint density at radius 1 is 1.29 bits per heavy atom. The summed E-state index contributed by atoms with van der Waals surface area (Å²) in [5.74, 6) is -0.399. The van der Waals surface area contributed by atoms with Crippen molar-refractivity contribution in [2.24, 2.45) is 0 Å². The van der Waals surface area contributed by atoms with E-state index in [4.69, 9.17) is 19.0 Å². The van der Waals surface area contributed by atoms with E-state index in [9.17, 15) is 4.79 Å². The molecule has 1 aromatic heterocycles. The number of carboxylic acid groups (broad SMARTS) is 1. The highest BCUT2D eigenvalue weighted by atomic mass is 16.7. The van der Waals surface area contributed by atoms with Crippen LogP contribution in [0.4, 0.5) is 0 Å². The molecule has 2 aromatic rings. The summed E-state index contributed by atoms with van der Waals surface area (Å²) in [7, 11) is 0. The molecule has 21 heavy (non-hydrogen) atoms. The summed E-state index contributed by atoms with van der Waals surface area (Å²) in [6.07, 6.45) is 2.82. The van der Waals surface area contributed by atoms with E-state index in [-0.39, 0.29) is 12.1 Å². The Morgan fingerprint density at radius 2 is 2.10 bits per heavy atom. The van der Waals surface area contributed by atoms with E-state index in [1.807, 2.05) is 19.9 Å². The first-order valence-electron chi connectivity index (χ1n) is 7.11. The van der Waals surface area contributed by atoms with Crippen LogP contribution in [-0.4, -0.2) is 24.0 Å². The maximum absolute atomic E-state index is 11.0. The van der Waals surface area contributed by atoms with Gasteiger partial charge in [0.2, 0.25) is 5.76 Å². The van der Waals surface area contributed by atoms with Gasteiger partial charge in [0.1, 0.15) is 11.3 Å². The Kier molecular flexibility index (Phi) is 3.59. The van der Waals surface area contributed by atoms with Crippen LogP contribution in [0.2, 0.25) is 0 Å². The molecule has 5 heteroatoms. The number of rotatable bonds is 3. The average molecular weight is 290 g/mol. The average Bonchev–Trinajstić information content (AvgIpc) is 2.90. The van der Waals surface area contributed by atoms with Gasteiger partial charge in [-0.3, -0.25) is 0 Å². The zero-order valence-electron chi connectivity index (χ0n) is 12.1. The van der Waals surface area contributed by atoms with Gasteiger partial charge in [0.25, 0.3) is 0 Å². The van der Waals surface area contributed by atoms with Gasteiger partial charge in [-0.2, -0.15) is 0 Å². The fourth-order valence-corrected chi connectivity index (χ4v) is 2.58. The number of furan rings is 1. The smallest absolute Gasteiger partial charge is 0.371 e. The zero-order chi connectivity index (χ0) is 15.0. The molecule has 5 nitrogen and oxygen atoms in total. The lowest BCUT2D eigenvalue weighted by atomic mass is 10.1. The van der Waals surface area contributed by atoms with Crippen molar-refractivity contribution in [1.82, 2.24) is 0 Å². The van der Waals surface area contributed by atoms with Crippen molar-refractivity contribution in [3.63, 3.8) is 0 Å². The van der Waals surface area contributed by atoms with Crippen LogP contribution in [0.15, 0.2) is 16.5 Å². The van der Waals surface area contributed by atoms with Crippen LogP contribution in [0.5, 0.6) is 5.75 Å². The van der Waals surface area contributed by atoms with Crippen LogP contribution < -0.4 is 4.74 Å². The fourth-order valence-electron chi connectivity index (χ4n) is 2.58. The van der Waals surface area contributed by atoms with E-state index < -0.39 is 5.97 Å². The maximum atomic E-state index is 11.0. The molecule has 1 aliphatic rings. The van der Waals surface area contributed by atoms with Crippen LogP contribution >= 0.6 is 0 Å². The lowest BCUT2D eigenvalue weighted by Crippen LogP contribution is -2.25. The molecule has 1 unspecified atom stereocenters. The van der Waals surface area contributed by atoms with Crippen LogP contribution in [0.1, 0.15) is 40.9 Å². The van der Waals surface area contributed by atoms with Crippen LogP contribution in [0.25, 0.3) is 11.0 Å². The third kappa shape index (κ3) is 2.61. The molecule has 112 valence electrons. The number of benzene rings is 1. The molecule has 0 spiro atoms. The standard InChI is InChI=1S/C16H18O5/c1-9-10(2)15-11(8-13(21-15)16(17)18)7-12(9)20-14-5-3-4-6-19-14/h7-8,14H,3-6H2,1-2H3,(H,17,18). The number of hydrogen-bond donors (Lipinski definition) is 1. The van der Waals surface area contributed by atoms with Crippen molar-refractivity contribution in [2.45, 2.75) is 39.4 Å². The van der Waals surface area contributed by atoms with E-state index in [0.29, 0.717) is 5.58 Å². The lowest BCUT2D eigenvalue weighted by molar-refractivity contribution is -0.106. The van der Waals surface area contributed by atoms with E-state index >= 15 is 0 Å². The topological polar surface area (TPSA) is 68.9 Å². The fraction of sp³-hybridized carbons (Fsp3) is 0.438. The van der Waals surface area contributed by atoms with E-state index in [1.165, 1.54) is 6.07 Å². The zero-order valence-corrected chi connectivity index (χ0v) is 12.1. The number of ether oxygens (including phenoxy) is 2. The molecule has 2 heterocycles. The summed E-state index contributed by atoms with van der Waals surface area (Å²) in [5.41, 5.74) is 2.44. The van der Waals surface area contributed by atoms with Gasteiger partial charge in [0.05, 0.1) is 6.61 Å². The van der Waals surface area contributed by atoms with E-state index in [0.717, 1.165) is 48.1 Å². The van der Waals surface area contributed by atoms with Crippen molar-refractivity contribution in [2.75, 3.05) is 6.61 Å². The highest BCUT2D eigenvalue weighted by Gasteiger charge is 2.20. The minimum absolute atomic E-state index is 0.0569. The summed E-state index contributed by atoms with van der Waals surface area (Å²) in [5, 5.41) is 9.77. The molecule has 1 saturated heterocycles. The third-order valence-corrected chi connectivity index (χ3v) is 3.93. The number of carboxylic acids is 1. The van der Waals surface area contributed by atoms with E-state index in [2.05, 4.69) is 0 Å². The van der Waals surface area contributed by atoms with E-state index in [1.54, 1.807) is 0 Å². The van der Waals surface area contributed by atoms with Crippen LogP contribution in [-0.2, 0) is 4.74 Å². The van der Waals surface area contributed by atoms with Crippen molar-refractivity contribution in [3.8, 4) is 5.75 Å². The molecule has 0 bridgehead atoms. The molecule has 0 aliphatic carbocycles. The summed E-state index contributed by atoms with van der Waals surface area (Å²) < 4.78 is 16.9. The monoisotopic (exact) mass is 290 g/mol. The van der Waals surface area contributed by atoms with Crippen LogP contribution in [0.3, 0.4) is 0 Å². The molecule has 0 saturated carbocycles. The summed E-state index contributed by atoms with van der Waals surface area (Å²) in [6, 6.07) is 3.35. The Labute approximate surface area is 122 Å². The molecule has 1 fully saturated rings. The maximum Gasteiger partial charge on any atom is 0.371 e. The van der Waals surface area contributed by atoms with Gasteiger partial charge >= 0.3 is 5.97 Å². The largest absolute Gasteiger partial charge is 0.475 e. The quantitative estimate of drug-likeness (QED) is 0.934. The SMILES string of the molecule is Cc1c(OC2CCCCO2)cc2cc(C(=O)O)oc2c1C. The first kappa shape index (κ1) is 13.9. The predicted octanol–water partition coefficient (Wildman–Crippen LogP) is 3.65. The summed E-state index contributed by atoms with van der Waals surface area (Å²) in [4.78, 5) is 11.0. The second kappa shape index (κ2) is 5.41. The third-order valence-electron chi connectivity index (χ3n) is 3.93. The molecule has 3 rings (SSSR count). The molecular weight excluding hydrogens is 272 g/mol. The van der Waals surface area contributed by atoms with Crippen molar-refractivity contribution in [3.05, 3.63) is 29.0 Å². The Balaban J connectivity index is 1.98. The Hall–Kier alpha value is -2.01. The van der Waals surface area contributed by atoms with Gasteiger partial charge in [-0.1, -0.05) is 0 Å². The van der Waals surface area contributed by atoms with Crippen molar-refractivity contribution in [1.29, 1.82) is 0 Å². The molecule has 0 radical (unpaired) electrons. The molecule has 1 aromatic carbocycles. The number of hydrogen-bond acceptors (Lipinski definition) is 4. The molecule has 1 atom stereocenters. The molecule has 0 amide bonds. The van der Waals surface area contributed by atoms with Gasteiger partial charge in [0.15, 0.2) is 6.29 Å². The second-order valence-electron chi connectivity index (χ2n) is 5.37. The van der Waals surface area contributed by atoms with Gasteiger partial charge in [-0.15, -0.1) is 0 Å². The number of carbonyl (C=O) groups is 1. The highest BCUT2D eigenvalue weighted by Crippen LogP contribution is 2.33. The number of fused-ring (bicyclic) bond motifs is 1. The van der Waals surface area contributed by atoms with Crippen LogP contribution in [0, 0.1) is 13.8 Å². The van der Waals surface area contributed by atoms with Crippen molar-refractivity contribution < 1.29 is 23.8 Å². The summed E-state index contributed by atoms with van der Waals surface area (Å²) >= 11 is 0. The lowest BCUT2D eigenvalue weighted by Gasteiger charge is -2.24. The minimum Gasteiger partial charge on any atom is -0.475 e. The Morgan fingerprint density at radius 3 is 2.76 bits per heavy atom. The predicted molar refractivity (Wildman–Crippen MR) is 76.9 cm³/mol. The summed E-state index contributed by atoms with van der Waals surface area (Å²) in [6.45, 7) is 4.57. The van der Waals surface area contributed by atoms with Gasteiger partial charge in [-0.05, 0) is 49.9 Å². The van der Waals surface area contributed by atoms with Gasteiger partial charge < -0.3 is 19.0 Å². The molecule has 1 N–H and O–H groups in total. The Bertz CT molecular complexity index is 680. The number of aromatic carboxylic acids is 1. The number of aryl methyl sites for hydroxylation is 1. The van der Waals surface area contributed by atoms with Gasteiger partial charge in [-0.25, -0.2) is 4.79 Å². The van der Waals surface area contributed by atoms with Gasteiger partial charge in [0, 0.05) is 11.8 Å². The normalized spacial score (nSPS) is 18.9. The minimum atomic E-state index is -1.07. The first-order chi connectivity index (χ1) is 10.1. The second-order valence-corrected chi connectivity index (χ2v) is 5.37. The van der Waals surface area contributed by atoms with Crippen molar-refractivity contribution >= 4 is 16.9 Å². The highest BCUT2D eigenvalue weighted by molar-refractivity contribution is 5.93. The molecule has 1 aliphatic heterocycles. The first-order valence-corrected chi connectivity index (χ1v) is 7.11. The molecular formula is C16H18O5.